The van der Waals surface area contributed by atoms with Crippen LogP contribution in [0.4, 0.5) is 5.69 Å². The molecule has 0 saturated carbocycles. The smallest absolute Gasteiger partial charge is 0.292 e. The Morgan fingerprint density at radius 1 is 1.29 bits per heavy atom. The molecule has 24 heavy (non-hydrogen) atoms. The van der Waals surface area contributed by atoms with Crippen molar-refractivity contribution in [3.05, 3.63) is 33.4 Å². The highest BCUT2D eigenvalue weighted by Crippen LogP contribution is 2.31. The van der Waals surface area contributed by atoms with Crippen molar-refractivity contribution >= 4 is 28.1 Å². The summed E-state index contributed by atoms with van der Waals surface area (Å²) >= 11 is 0. The number of nitrogens with zero attached hydrogens (tertiary/aromatic N) is 1. The van der Waals surface area contributed by atoms with Gasteiger partial charge in [-0.3, -0.25) is 10.1 Å². The second kappa shape index (κ2) is 8.24. The standard InChI is InChI=1S/C15H25N3O4S.ClH/c1-10(2)8-15(5,9-16)17-23(21,22)14-12(4)7-6-11(3)13(14)18(19)20;/h6-7,10,17H,8-9,16H2,1-5H3;1H. The summed E-state index contributed by atoms with van der Waals surface area (Å²) in [5, 5.41) is 11.3. The van der Waals surface area contributed by atoms with Crippen LogP contribution in [-0.2, 0) is 10.0 Å². The maximum absolute atomic E-state index is 12.8. The van der Waals surface area contributed by atoms with E-state index in [1.807, 2.05) is 13.8 Å². The van der Waals surface area contributed by atoms with Gasteiger partial charge in [-0.1, -0.05) is 26.0 Å². The number of halogens is 1. The summed E-state index contributed by atoms with van der Waals surface area (Å²) in [7, 11) is -4.08. The van der Waals surface area contributed by atoms with Crippen LogP contribution in [-0.4, -0.2) is 25.4 Å². The predicted molar refractivity (Wildman–Crippen MR) is 97.1 cm³/mol. The third-order valence-electron chi connectivity index (χ3n) is 3.67. The van der Waals surface area contributed by atoms with Crippen molar-refractivity contribution in [3.63, 3.8) is 0 Å². The SMILES string of the molecule is Cc1ccc(C)c(S(=O)(=O)NC(C)(CN)CC(C)C)c1[N+](=O)[O-].Cl. The van der Waals surface area contributed by atoms with Crippen molar-refractivity contribution in [1.82, 2.24) is 4.72 Å². The summed E-state index contributed by atoms with van der Waals surface area (Å²) < 4.78 is 28.2. The number of hydrogen-bond donors (Lipinski definition) is 2. The van der Waals surface area contributed by atoms with Gasteiger partial charge in [-0.05, 0) is 38.7 Å². The van der Waals surface area contributed by atoms with Crippen LogP contribution < -0.4 is 10.5 Å². The van der Waals surface area contributed by atoms with E-state index in [0.29, 0.717) is 17.5 Å². The molecule has 0 saturated heterocycles. The highest BCUT2D eigenvalue weighted by molar-refractivity contribution is 7.89. The van der Waals surface area contributed by atoms with Gasteiger partial charge in [-0.2, -0.15) is 0 Å². The van der Waals surface area contributed by atoms with Gasteiger partial charge >= 0.3 is 0 Å². The fraction of sp³-hybridized carbons (Fsp3) is 0.600. The summed E-state index contributed by atoms with van der Waals surface area (Å²) in [6.07, 6.45) is 0.529. The molecule has 7 nitrogen and oxygen atoms in total. The molecule has 9 heteroatoms. The Morgan fingerprint density at radius 3 is 2.21 bits per heavy atom. The maximum atomic E-state index is 12.8. The first-order valence-corrected chi connectivity index (χ1v) is 8.90. The Hall–Kier alpha value is -1.22. The maximum Gasteiger partial charge on any atom is 0.292 e. The zero-order valence-corrected chi connectivity index (χ0v) is 16.3. The van der Waals surface area contributed by atoms with Crippen LogP contribution in [0.2, 0.25) is 0 Å². The van der Waals surface area contributed by atoms with Gasteiger partial charge in [0.2, 0.25) is 10.0 Å². The first kappa shape index (κ1) is 22.8. The molecule has 138 valence electrons. The van der Waals surface area contributed by atoms with E-state index in [-0.39, 0.29) is 35.5 Å². The van der Waals surface area contributed by atoms with E-state index in [2.05, 4.69) is 4.72 Å². The van der Waals surface area contributed by atoms with Gasteiger partial charge in [-0.15, -0.1) is 12.4 Å². The summed E-state index contributed by atoms with van der Waals surface area (Å²) in [5.74, 6) is 0.222. The monoisotopic (exact) mass is 379 g/mol. The van der Waals surface area contributed by atoms with Crippen LogP contribution in [0.1, 0.15) is 38.3 Å². The summed E-state index contributed by atoms with van der Waals surface area (Å²) in [4.78, 5) is 10.4. The summed E-state index contributed by atoms with van der Waals surface area (Å²) in [5.41, 5.74) is 5.13. The lowest BCUT2D eigenvalue weighted by Gasteiger charge is -2.31. The highest BCUT2D eigenvalue weighted by Gasteiger charge is 2.36. The Bertz CT molecular complexity index is 707. The fourth-order valence-electron chi connectivity index (χ4n) is 2.78. The molecular weight excluding hydrogens is 354 g/mol. The fourth-order valence-corrected chi connectivity index (χ4v) is 4.68. The molecule has 1 atom stereocenters. The third-order valence-corrected chi connectivity index (χ3v) is 5.49. The van der Waals surface area contributed by atoms with Crippen molar-refractivity contribution in [1.29, 1.82) is 0 Å². The van der Waals surface area contributed by atoms with Crippen molar-refractivity contribution in [2.45, 2.75) is 51.5 Å². The van der Waals surface area contributed by atoms with Gasteiger partial charge in [0, 0.05) is 17.6 Å². The van der Waals surface area contributed by atoms with E-state index in [1.54, 1.807) is 26.0 Å². The molecule has 1 unspecified atom stereocenters. The largest absolute Gasteiger partial charge is 0.329 e. The second-order valence-corrected chi connectivity index (χ2v) is 8.22. The van der Waals surface area contributed by atoms with Gasteiger partial charge in [0.05, 0.1) is 4.92 Å². The molecule has 0 aliphatic heterocycles. The summed E-state index contributed by atoms with van der Waals surface area (Å²) in [6, 6.07) is 3.11. The Balaban J connectivity index is 0.00000529. The third kappa shape index (κ3) is 5.14. The van der Waals surface area contributed by atoms with E-state index < -0.39 is 20.5 Å². The number of rotatable bonds is 7. The molecular formula is C15H26ClN3O4S. The van der Waals surface area contributed by atoms with Crippen molar-refractivity contribution in [2.24, 2.45) is 11.7 Å². The number of nitrogens with two attached hydrogens (primary N) is 1. The van der Waals surface area contributed by atoms with E-state index >= 15 is 0 Å². The van der Waals surface area contributed by atoms with E-state index in [0.717, 1.165) is 0 Å². The van der Waals surface area contributed by atoms with Crippen LogP contribution in [0.15, 0.2) is 17.0 Å². The number of sulfonamides is 1. The molecule has 0 bridgehead atoms. The number of nitrogens with one attached hydrogen (secondary N) is 1. The molecule has 3 N–H and O–H groups in total. The number of benzene rings is 1. The molecule has 0 radical (unpaired) electrons. The van der Waals surface area contributed by atoms with E-state index in [1.165, 1.54) is 6.92 Å². The average Bonchev–Trinajstić information content (AvgIpc) is 2.38. The second-order valence-electron chi connectivity index (χ2n) is 6.60. The molecule has 1 aromatic rings. The van der Waals surface area contributed by atoms with E-state index in [9.17, 15) is 18.5 Å². The van der Waals surface area contributed by atoms with Gasteiger partial charge in [0.25, 0.3) is 5.69 Å². The molecule has 1 rings (SSSR count). The number of hydrogen-bond acceptors (Lipinski definition) is 5. The van der Waals surface area contributed by atoms with Crippen molar-refractivity contribution in [3.8, 4) is 0 Å². The van der Waals surface area contributed by atoms with Gasteiger partial charge in [0.1, 0.15) is 0 Å². The molecule has 0 fully saturated rings. The molecule has 1 aromatic carbocycles. The van der Waals surface area contributed by atoms with Crippen LogP contribution in [0.5, 0.6) is 0 Å². The van der Waals surface area contributed by atoms with Crippen molar-refractivity contribution < 1.29 is 13.3 Å². The normalized spacial score (nSPS) is 14.1. The zero-order chi connectivity index (χ0) is 18.0. The highest BCUT2D eigenvalue weighted by atomic mass is 35.5. The van der Waals surface area contributed by atoms with Crippen LogP contribution in [0.3, 0.4) is 0 Å². The lowest BCUT2D eigenvalue weighted by atomic mass is 9.92. The topological polar surface area (TPSA) is 115 Å². The van der Waals surface area contributed by atoms with Crippen LogP contribution in [0, 0.1) is 29.9 Å². The molecule has 0 spiro atoms. The minimum absolute atomic E-state index is 0. The minimum atomic E-state index is -4.08. The lowest BCUT2D eigenvalue weighted by Crippen LogP contribution is -2.52. The molecule has 0 aliphatic carbocycles. The predicted octanol–water partition coefficient (Wildman–Crippen LogP) is 2.68. The Kier molecular flexibility index (Phi) is 7.82. The van der Waals surface area contributed by atoms with Crippen LogP contribution >= 0.6 is 12.4 Å². The lowest BCUT2D eigenvalue weighted by molar-refractivity contribution is -0.388. The first-order chi connectivity index (χ1) is 10.4. The van der Waals surface area contributed by atoms with Crippen molar-refractivity contribution in [2.75, 3.05) is 6.54 Å². The quantitative estimate of drug-likeness (QED) is 0.558. The molecule has 0 aliphatic rings. The Labute approximate surface area is 149 Å². The molecule has 0 aromatic heterocycles. The number of nitro benzene ring substituents is 1. The number of aryl methyl sites for hydroxylation is 2. The van der Waals surface area contributed by atoms with Gasteiger partial charge in [0.15, 0.2) is 4.90 Å². The minimum Gasteiger partial charge on any atom is -0.329 e. The first-order valence-electron chi connectivity index (χ1n) is 7.42. The molecule has 0 heterocycles. The zero-order valence-electron chi connectivity index (χ0n) is 14.6. The number of nitro groups is 1. The Morgan fingerprint density at radius 2 is 1.79 bits per heavy atom. The van der Waals surface area contributed by atoms with Gasteiger partial charge < -0.3 is 5.73 Å². The average molecular weight is 380 g/mol. The molecule has 0 amide bonds. The van der Waals surface area contributed by atoms with Crippen LogP contribution in [0.25, 0.3) is 0 Å². The summed E-state index contributed by atoms with van der Waals surface area (Å²) in [6.45, 7) is 8.80. The van der Waals surface area contributed by atoms with E-state index in [4.69, 9.17) is 5.73 Å². The van der Waals surface area contributed by atoms with Gasteiger partial charge in [-0.25, -0.2) is 13.1 Å².